The molecule has 0 aliphatic heterocycles. The first kappa shape index (κ1) is 17.5. The molecule has 120 valence electrons. The lowest BCUT2D eigenvalue weighted by molar-refractivity contribution is -0.144. The first-order chi connectivity index (χ1) is 10.2. The zero-order chi connectivity index (χ0) is 16.8. The van der Waals surface area contributed by atoms with Crippen molar-refractivity contribution in [1.29, 1.82) is 0 Å². The number of carboxylic acids is 1. The highest BCUT2D eigenvalue weighted by atomic mass is 19.4. The SMILES string of the molecule is O=C(CC(=O)N[C@H](C(=O)O)c1ccccc1)NCC(F)(F)F. The second-order valence-electron chi connectivity index (χ2n) is 4.32. The number of rotatable bonds is 6. The third kappa shape index (κ3) is 6.25. The standard InChI is InChI=1S/C13H13F3N2O4/c14-13(15,16)7-17-9(19)6-10(20)18-11(12(21)22)8-4-2-1-3-5-8/h1-5,11H,6-7H2,(H,17,19)(H,18,20)(H,21,22)/t11-/m0/s1. The number of hydrogen-bond donors (Lipinski definition) is 3. The molecule has 2 amide bonds. The van der Waals surface area contributed by atoms with Crippen molar-refractivity contribution in [3.8, 4) is 0 Å². The van der Waals surface area contributed by atoms with Crippen molar-refractivity contribution in [2.45, 2.75) is 18.6 Å². The highest BCUT2D eigenvalue weighted by Gasteiger charge is 2.28. The van der Waals surface area contributed by atoms with Gasteiger partial charge >= 0.3 is 12.1 Å². The van der Waals surface area contributed by atoms with E-state index in [-0.39, 0.29) is 5.56 Å². The fourth-order valence-corrected chi connectivity index (χ4v) is 1.55. The Labute approximate surface area is 123 Å². The van der Waals surface area contributed by atoms with Crippen LogP contribution in [0.25, 0.3) is 0 Å². The third-order valence-corrected chi connectivity index (χ3v) is 2.49. The van der Waals surface area contributed by atoms with Crippen LogP contribution in [0, 0.1) is 0 Å². The van der Waals surface area contributed by atoms with E-state index in [0.717, 1.165) is 0 Å². The maximum atomic E-state index is 11.9. The van der Waals surface area contributed by atoms with Crippen LogP contribution in [0.4, 0.5) is 13.2 Å². The fourth-order valence-electron chi connectivity index (χ4n) is 1.55. The van der Waals surface area contributed by atoms with Crippen molar-refractivity contribution < 1.29 is 32.7 Å². The van der Waals surface area contributed by atoms with Gasteiger partial charge in [-0.1, -0.05) is 30.3 Å². The molecule has 1 aromatic carbocycles. The number of amides is 2. The third-order valence-electron chi connectivity index (χ3n) is 2.49. The monoisotopic (exact) mass is 318 g/mol. The van der Waals surface area contributed by atoms with Gasteiger partial charge in [-0.25, -0.2) is 4.79 Å². The van der Waals surface area contributed by atoms with Gasteiger partial charge in [0.2, 0.25) is 11.8 Å². The lowest BCUT2D eigenvalue weighted by Crippen LogP contribution is -2.39. The van der Waals surface area contributed by atoms with Gasteiger partial charge in [-0.3, -0.25) is 9.59 Å². The zero-order valence-electron chi connectivity index (χ0n) is 11.2. The molecule has 0 aliphatic rings. The highest BCUT2D eigenvalue weighted by Crippen LogP contribution is 2.13. The molecule has 0 fully saturated rings. The predicted octanol–water partition coefficient (Wildman–Crippen LogP) is 0.997. The number of carbonyl (C=O) groups excluding carboxylic acids is 2. The minimum absolute atomic E-state index is 0.277. The average molecular weight is 318 g/mol. The predicted molar refractivity (Wildman–Crippen MR) is 68.6 cm³/mol. The summed E-state index contributed by atoms with van der Waals surface area (Å²) in [5.74, 6) is -3.49. The van der Waals surface area contributed by atoms with Gasteiger partial charge in [-0.2, -0.15) is 13.2 Å². The highest BCUT2D eigenvalue weighted by molar-refractivity contribution is 5.98. The molecular weight excluding hydrogens is 305 g/mol. The van der Waals surface area contributed by atoms with Crippen molar-refractivity contribution in [3.05, 3.63) is 35.9 Å². The van der Waals surface area contributed by atoms with Crippen LogP contribution >= 0.6 is 0 Å². The molecule has 0 radical (unpaired) electrons. The molecule has 0 heterocycles. The lowest BCUT2D eigenvalue weighted by atomic mass is 10.1. The van der Waals surface area contributed by atoms with Crippen LogP contribution in [0.3, 0.4) is 0 Å². The normalized spacial score (nSPS) is 12.3. The molecule has 0 aliphatic carbocycles. The van der Waals surface area contributed by atoms with Gasteiger partial charge in [-0.15, -0.1) is 0 Å². The van der Waals surface area contributed by atoms with E-state index in [4.69, 9.17) is 5.11 Å². The Morgan fingerprint density at radius 2 is 1.68 bits per heavy atom. The molecule has 1 aromatic rings. The van der Waals surface area contributed by atoms with Gasteiger partial charge in [-0.05, 0) is 5.56 Å². The Bertz CT molecular complexity index is 546. The van der Waals surface area contributed by atoms with Gasteiger partial charge in [0.25, 0.3) is 0 Å². The molecule has 0 bridgehead atoms. The number of benzene rings is 1. The minimum Gasteiger partial charge on any atom is -0.479 e. The van der Waals surface area contributed by atoms with E-state index in [1.165, 1.54) is 17.4 Å². The van der Waals surface area contributed by atoms with Crippen LogP contribution in [0.2, 0.25) is 0 Å². The van der Waals surface area contributed by atoms with E-state index in [9.17, 15) is 27.6 Å². The van der Waals surface area contributed by atoms with Crippen molar-refractivity contribution in [2.24, 2.45) is 0 Å². The fraction of sp³-hybridized carbons (Fsp3) is 0.308. The second-order valence-corrected chi connectivity index (χ2v) is 4.32. The van der Waals surface area contributed by atoms with Crippen LogP contribution in [0.5, 0.6) is 0 Å². The smallest absolute Gasteiger partial charge is 0.405 e. The van der Waals surface area contributed by atoms with Crippen molar-refractivity contribution in [3.63, 3.8) is 0 Å². The summed E-state index contributed by atoms with van der Waals surface area (Å²) >= 11 is 0. The van der Waals surface area contributed by atoms with Crippen LogP contribution in [-0.4, -0.2) is 35.6 Å². The van der Waals surface area contributed by atoms with Gasteiger partial charge in [0.1, 0.15) is 13.0 Å². The molecule has 6 nitrogen and oxygen atoms in total. The van der Waals surface area contributed by atoms with Crippen LogP contribution in [-0.2, 0) is 14.4 Å². The Morgan fingerprint density at radius 1 is 1.09 bits per heavy atom. The number of halogens is 3. The molecule has 22 heavy (non-hydrogen) atoms. The quantitative estimate of drug-likeness (QED) is 0.682. The summed E-state index contributed by atoms with van der Waals surface area (Å²) in [6.07, 6.45) is -5.48. The van der Waals surface area contributed by atoms with Crippen molar-refractivity contribution in [1.82, 2.24) is 10.6 Å². The summed E-state index contributed by atoms with van der Waals surface area (Å²) in [4.78, 5) is 33.8. The number of aliphatic carboxylic acids is 1. The van der Waals surface area contributed by atoms with Gasteiger partial charge in [0.15, 0.2) is 6.04 Å². The van der Waals surface area contributed by atoms with Crippen LogP contribution < -0.4 is 10.6 Å². The Kier molecular flexibility index (Phi) is 5.90. The van der Waals surface area contributed by atoms with Crippen molar-refractivity contribution >= 4 is 17.8 Å². The lowest BCUT2D eigenvalue weighted by Gasteiger charge is -2.15. The summed E-state index contributed by atoms with van der Waals surface area (Å²) in [6, 6.07) is 6.31. The second kappa shape index (κ2) is 7.43. The summed E-state index contributed by atoms with van der Waals surface area (Å²) in [5, 5.41) is 12.7. The van der Waals surface area contributed by atoms with Gasteiger partial charge in [0, 0.05) is 0 Å². The van der Waals surface area contributed by atoms with E-state index in [2.05, 4.69) is 5.32 Å². The maximum absolute atomic E-state index is 11.9. The average Bonchev–Trinajstić information content (AvgIpc) is 2.42. The number of nitrogens with one attached hydrogen (secondary N) is 2. The number of hydrogen-bond acceptors (Lipinski definition) is 3. The molecule has 0 spiro atoms. The first-order valence-corrected chi connectivity index (χ1v) is 6.09. The minimum atomic E-state index is -4.58. The first-order valence-electron chi connectivity index (χ1n) is 6.09. The summed E-state index contributed by atoms with van der Waals surface area (Å²) in [6.45, 7) is -1.56. The Balaban J connectivity index is 2.58. The van der Waals surface area contributed by atoms with E-state index in [1.54, 1.807) is 18.2 Å². The molecule has 9 heteroatoms. The Hall–Kier alpha value is -2.58. The Morgan fingerprint density at radius 3 is 2.18 bits per heavy atom. The molecule has 1 atom stereocenters. The number of carbonyl (C=O) groups is 3. The van der Waals surface area contributed by atoms with Gasteiger partial charge in [0.05, 0.1) is 0 Å². The molecule has 0 unspecified atom stereocenters. The topological polar surface area (TPSA) is 95.5 Å². The van der Waals surface area contributed by atoms with E-state index in [1.807, 2.05) is 0 Å². The van der Waals surface area contributed by atoms with Crippen molar-refractivity contribution in [2.75, 3.05) is 6.54 Å². The largest absolute Gasteiger partial charge is 0.479 e. The van der Waals surface area contributed by atoms with E-state index < -0.39 is 43.0 Å². The molecule has 3 N–H and O–H groups in total. The molecule has 1 rings (SSSR count). The van der Waals surface area contributed by atoms with E-state index in [0.29, 0.717) is 0 Å². The summed E-state index contributed by atoms with van der Waals surface area (Å²) < 4.78 is 35.7. The van der Waals surface area contributed by atoms with Crippen LogP contribution in [0.1, 0.15) is 18.0 Å². The van der Waals surface area contributed by atoms with E-state index >= 15 is 0 Å². The zero-order valence-corrected chi connectivity index (χ0v) is 11.2. The number of alkyl halides is 3. The molecule has 0 aromatic heterocycles. The molecule has 0 saturated carbocycles. The van der Waals surface area contributed by atoms with Gasteiger partial charge < -0.3 is 15.7 Å². The summed E-state index contributed by atoms with van der Waals surface area (Å²) in [5.41, 5.74) is 0.277. The van der Waals surface area contributed by atoms with Crippen LogP contribution in [0.15, 0.2) is 30.3 Å². The number of carboxylic acid groups (broad SMARTS) is 1. The molecular formula is C13H13F3N2O4. The summed E-state index contributed by atoms with van der Waals surface area (Å²) in [7, 11) is 0. The molecule has 0 saturated heterocycles. The maximum Gasteiger partial charge on any atom is 0.405 e.